The molecule has 0 aliphatic heterocycles. The molecule has 7 heteroatoms. The smallest absolute Gasteiger partial charge is 0.236 e. The van der Waals surface area contributed by atoms with Gasteiger partial charge in [-0.25, -0.2) is 4.98 Å². The van der Waals surface area contributed by atoms with Gasteiger partial charge in [0.15, 0.2) is 5.13 Å². The minimum absolute atomic E-state index is 0.0111. The molecule has 0 radical (unpaired) electrons. The van der Waals surface area contributed by atoms with E-state index < -0.39 is 0 Å². The zero-order chi connectivity index (χ0) is 16.2. The number of hydrogen-bond donors (Lipinski definition) is 1. The Balaban J connectivity index is 1.58. The summed E-state index contributed by atoms with van der Waals surface area (Å²) in [7, 11) is 0. The quantitative estimate of drug-likeness (QED) is 0.712. The van der Waals surface area contributed by atoms with Gasteiger partial charge in [0.05, 0.1) is 21.5 Å². The lowest BCUT2D eigenvalue weighted by molar-refractivity contribution is -0.113. The molecule has 0 unspecified atom stereocenters. The van der Waals surface area contributed by atoms with Crippen LogP contribution in [0.3, 0.4) is 0 Å². The summed E-state index contributed by atoms with van der Waals surface area (Å²) in [5.74, 6) is 0.503. The molecule has 1 N–H and O–H groups in total. The molecule has 3 nitrogen and oxygen atoms in total. The summed E-state index contributed by atoms with van der Waals surface area (Å²) in [5, 5.41) is 7.04. The molecule has 1 fully saturated rings. The van der Waals surface area contributed by atoms with Gasteiger partial charge in [-0.2, -0.15) is 0 Å². The third kappa shape index (κ3) is 4.63. The molecular formula is C16H16Cl2N2OS2. The Morgan fingerprint density at radius 2 is 2.09 bits per heavy atom. The van der Waals surface area contributed by atoms with Crippen LogP contribution in [0.15, 0.2) is 23.6 Å². The fourth-order valence-electron chi connectivity index (χ4n) is 2.52. The lowest BCUT2D eigenvalue weighted by Gasteiger charge is -2.07. The van der Waals surface area contributed by atoms with Crippen LogP contribution in [0.1, 0.15) is 25.7 Å². The third-order valence-electron chi connectivity index (χ3n) is 3.72. The fourth-order valence-corrected chi connectivity index (χ4v) is 4.68. The maximum atomic E-state index is 12.0. The highest BCUT2D eigenvalue weighted by Gasteiger charge is 2.17. The van der Waals surface area contributed by atoms with Gasteiger partial charge in [0.2, 0.25) is 5.91 Å². The largest absolute Gasteiger partial charge is 0.301 e. The number of aromatic nitrogens is 1. The molecule has 23 heavy (non-hydrogen) atoms. The van der Waals surface area contributed by atoms with Gasteiger partial charge in [-0.1, -0.05) is 42.1 Å². The van der Waals surface area contributed by atoms with Crippen LogP contribution >= 0.6 is 46.3 Å². The van der Waals surface area contributed by atoms with E-state index in [4.69, 9.17) is 23.2 Å². The number of benzene rings is 1. The van der Waals surface area contributed by atoms with Gasteiger partial charge < -0.3 is 5.32 Å². The van der Waals surface area contributed by atoms with Crippen molar-refractivity contribution in [3.8, 4) is 11.3 Å². The molecule has 1 saturated carbocycles. The van der Waals surface area contributed by atoms with Crippen molar-refractivity contribution in [3.63, 3.8) is 0 Å². The fraction of sp³-hybridized carbons (Fsp3) is 0.375. The van der Waals surface area contributed by atoms with Crippen LogP contribution in [-0.4, -0.2) is 21.9 Å². The first-order valence-electron chi connectivity index (χ1n) is 7.44. The first-order chi connectivity index (χ1) is 11.1. The maximum absolute atomic E-state index is 12.0. The zero-order valence-electron chi connectivity index (χ0n) is 12.4. The van der Waals surface area contributed by atoms with Gasteiger partial charge in [-0.15, -0.1) is 23.1 Å². The van der Waals surface area contributed by atoms with E-state index in [1.165, 1.54) is 37.0 Å². The standard InChI is InChI=1S/C16H16Cl2N2OS2/c17-12-6-5-10(7-13(12)18)14-8-23-16(19-14)20-15(21)9-22-11-3-1-2-4-11/h5-8,11H,1-4,9H2,(H,19,20,21). The summed E-state index contributed by atoms with van der Waals surface area (Å²) in [6.07, 6.45) is 5.05. The molecule has 1 amide bonds. The van der Waals surface area contributed by atoms with E-state index in [0.29, 0.717) is 26.2 Å². The van der Waals surface area contributed by atoms with Gasteiger partial charge >= 0.3 is 0 Å². The van der Waals surface area contributed by atoms with Crippen molar-refractivity contribution in [3.05, 3.63) is 33.6 Å². The molecule has 0 spiro atoms. The van der Waals surface area contributed by atoms with E-state index in [-0.39, 0.29) is 5.91 Å². The molecule has 1 aromatic carbocycles. The minimum atomic E-state index is 0.0111. The normalized spacial score (nSPS) is 15.0. The van der Waals surface area contributed by atoms with Crippen LogP contribution in [0.25, 0.3) is 11.3 Å². The van der Waals surface area contributed by atoms with Crippen LogP contribution in [-0.2, 0) is 4.79 Å². The first kappa shape index (κ1) is 17.1. The predicted molar refractivity (Wildman–Crippen MR) is 101 cm³/mol. The summed E-state index contributed by atoms with van der Waals surface area (Å²) in [5.41, 5.74) is 1.67. The van der Waals surface area contributed by atoms with Crippen molar-refractivity contribution in [2.75, 3.05) is 11.1 Å². The van der Waals surface area contributed by atoms with Gasteiger partial charge in [-0.05, 0) is 25.0 Å². The second-order valence-corrected chi connectivity index (χ2v) is 8.39. The number of carbonyl (C=O) groups is 1. The molecule has 1 aliphatic rings. The van der Waals surface area contributed by atoms with Crippen molar-refractivity contribution in [1.29, 1.82) is 0 Å². The molecule has 0 atom stereocenters. The number of thiazole rings is 1. The van der Waals surface area contributed by atoms with Crippen molar-refractivity contribution in [2.45, 2.75) is 30.9 Å². The highest BCUT2D eigenvalue weighted by atomic mass is 35.5. The zero-order valence-corrected chi connectivity index (χ0v) is 15.5. The molecule has 0 bridgehead atoms. The van der Waals surface area contributed by atoms with Gasteiger partial charge in [0.25, 0.3) is 0 Å². The van der Waals surface area contributed by atoms with Crippen molar-refractivity contribution >= 4 is 57.3 Å². The highest BCUT2D eigenvalue weighted by Crippen LogP contribution is 2.31. The van der Waals surface area contributed by atoms with E-state index >= 15 is 0 Å². The topological polar surface area (TPSA) is 42.0 Å². The summed E-state index contributed by atoms with van der Waals surface area (Å²) < 4.78 is 0. The first-order valence-corrected chi connectivity index (χ1v) is 10.1. The number of nitrogens with one attached hydrogen (secondary N) is 1. The summed E-state index contributed by atoms with van der Waals surface area (Å²) in [4.78, 5) is 16.5. The average Bonchev–Trinajstić information content (AvgIpc) is 3.19. The molecule has 0 saturated heterocycles. The number of anilines is 1. The number of carbonyl (C=O) groups excluding carboxylic acids is 1. The Morgan fingerprint density at radius 1 is 1.30 bits per heavy atom. The third-order valence-corrected chi connectivity index (χ3v) is 6.59. The maximum Gasteiger partial charge on any atom is 0.236 e. The number of thioether (sulfide) groups is 1. The Bertz CT molecular complexity index is 699. The number of nitrogens with zero attached hydrogens (tertiary/aromatic N) is 1. The molecule has 1 heterocycles. The molecule has 122 valence electrons. The number of amides is 1. The van der Waals surface area contributed by atoms with Crippen molar-refractivity contribution in [1.82, 2.24) is 4.98 Å². The van der Waals surface area contributed by atoms with Crippen LogP contribution in [0.2, 0.25) is 10.0 Å². The number of hydrogen-bond acceptors (Lipinski definition) is 4. The Morgan fingerprint density at radius 3 is 2.83 bits per heavy atom. The minimum Gasteiger partial charge on any atom is -0.301 e. The monoisotopic (exact) mass is 386 g/mol. The summed E-state index contributed by atoms with van der Waals surface area (Å²) >= 11 is 15.1. The lowest BCUT2D eigenvalue weighted by atomic mass is 10.2. The number of halogens is 2. The van der Waals surface area contributed by atoms with Crippen LogP contribution < -0.4 is 5.32 Å². The average molecular weight is 387 g/mol. The van der Waals surface area contributed by atoms with Gasteiger partial charge in [-0.3, -0.25) is 4.79 Å². The van der Waals surface area contributed by atoms with Gasteiger partial charge in [0, 0.05) is 16.2 Å². The lowest BCUT2D eigenvalue weighted by Crippen LogP contribution is -2.15. The Kier molecular flexibility index (Phi) is 5.85. The Hall–Kier alpha value is -0.750. The molecule has 2 aromatic rings. The molecule has 3 rings (SSSR count). The Labute approximate surface area is 153 Å². The van der Waals surface area contributed by atoms with Gasteiger partial charge in [0.1, 0.15) is 0 Å². The second-order valence-electron chi connectivity index (χ2n) is 5.43. The van der Waals surface area contributed by atoms with E-state index in [2.05, 4.69) is 10.3 Å². The van der Waals surface area contributed by atoms with Crippen molar-refractivity contribution in [2.24, 2.45) is 0 Å². The molecule has 1 aromatic heterocycles. The summed E-state index contributed by atoms with van der Waals surface area (Å²) in [6, 6.07) is 5.39. The molecule has 1 aliphatic carbocycles. The van der Waals surface area contributed by atoms with E-state index in [1.54, 1.807) is 23.9 Å². The predicted octanol–water partition coefficient (Wildman–Crippen LogP) is 5.73. The van der Waals surface area contributed by atoms with E-state index in [1.807, 2.05) is 11.4 Å². The van der Waals surface area contributed by atoms with Crippen molar-refractivity contribution < 1.29 is 4.79 Å². The van der Waals surface area contributed by atoms with Crippen LogP contribution in [0.4, 0.5) is 5.13 Å². The van der Waals surface area contributed by atoms with E-state index in [9.17, 15) is 4.79 Å². The van der Waals surface area contributed by atoms with Crippen LogP contribution in [0.5, 0.6) is 0 Å². The second kappa shape index (κ2) is 7.88. The summed E-state index contributed by atoms with van der Waals surface area (Å²) in [6.45, 7) is 0. The number of rotatable bonds is 5. The SMILES string of the molecule is O=C(CSC1CCCC1)Nc1nc(-c2ccc(Cl)c(Cl)c2)cs1. The molecular weight excluding hydrogens is 371 g/mol. The van der Waals surface area contributed by atoms with E-state index in [0.717, 1.165) is 11.3 Å². The highest BCUT2D eigenvalue weighted by molar-refractivity contribution is 8.00. The van der Waals surface area contributed by atoms with Crippen LogP contribution in [0, 0.1) is 0 Å².